The third-order valence-corrected chi connectivity index (χ3v) is 5.31. The van der Waals surface area contributed by atoms with Crippen molar-refractivity contribution < 1.29 is 4.79 Å². The molecular formula is C20H30N4O. The second-order valence-electron chi connectivity index (χ2n) is 8.07. The molecule has 25 heavy (non-hydrogen) atoms. The largest absolute Gasteiger partial charge is 0.342 e. The van der Waals surface area contributed by atoms with E-state index in [-0.39, 0.29) is 17.9 Å². The summed E-state index contributed by atoms with van der Waals surface area (Å²) in [6.07, 6.45) is 2.62. The summed E-state index contributed by atoms with van der Waals surface area (Å²) in [5.41, 5.74) is 0.712. The van der Waals surface area contributed by atoms with E-state index < -0.39 is 5.54 Å². The highest BCUT2D eigenvalue weighted by Crippen LogP contribution is 2.29. The van der Waals surface area contributed by atoms with Gasteiger partial charge in [0, 0.05) is 25.7 Å². The lowest BCUT2D eigenvalue weighted by Crippen LogP contribution is -2.49. The molecule has 2 heterocycles. The molecular weight excluding hydrogens is 312 g/mol. The lowest BCUT2D eigenvalue weighted by molar-refractivity contribution is -0.133. The van der Waals surface area contributed by atoms with Crippen molar-refractivity contribution in [2.24, 2.45) is 5.92 Å². The predicted octanol–water partition coefficient (Wildman–Crippen LogP) is 2.82. The van der Waals surface area contributed by atoms with Crippen molar-refractivity contribution in [2.75, 3.05) is 13.1 Å². The number of hydrogen-bond donors (Lipinski definition) is 2. The van der Waals surface area contributed by atoms with Gasteiger partial charge in [-0.3, -0.25) is 20.0 Å². The molecule has 136 valence electrons. The Bertz CT molecular complexity index is 622. The van der Waals surface area contributed by atoms with Crippen molar-refractivity contribution in [3.05, 3.63) is 35.9 Å². The van der Waals surface area contributed by atoms with Crippen LogP contribution in [0.15, 0.2) is 30.3 Å². The minimum absolute atomic E-state index is 0.0766. The van der Waals surface area contributed by atoms with Crippen LogP contribution in [-0.2, 0) is 11.3 Å². The highest BCUT2D eigenvalue weighted by Gasteiger charge is 2.48. The molecule has 5 nitrogen and oxygen atoms in total. The van der Waals surface area contributed by atoms with Gasteiger partial charge in [-0.15, -0.1) is 0 Å². The van der Waals surface area contributed by atoms with Gasteiger partial charge in [-0.2, -0.15) is 0 Å². The Hall–Kier alpha value is -1.88. The molecule has 1 unspecified atom stereocenters. The van der Waals surface area contributed by atoms with E-state index in [2.05, 4.69) is 48.3 Å². The predicted molar refractivity (Wildman–Crippen MR) is 100 cm³/mol. The quantitative estimate of drug-likeness (QED) is 0.865. The maximum Gasteiger partial charge on any atom is 0.255 e. The summed E-state index contributed by atoms with van der Waals surface area (Å²) < 4.78 is 0. The van der Waals surface area contributed by atoms with E-state index in [1.807, 2.05) is 13.0 Å². The highest BCUT2D eigenvalue weighted by atomic mass is 16.2. The first kappa shape index (κ1) is 17.9. The van der Waals surface area contributed by atoms with Gasteiger partial charge in [-0.25, -0.2) is 0 Å². The molecule has 0 saturated carbocycles. The third kappa shape index (κ3) is 3.87. The maximum absolute atomic E-state index is 13.0. The summed E-state index contributed by atoms with van der Waals surface area (Å²) in [5.74, 6) is 0.782. The van der Waals surface area contributed by atoms with Crippen molar-refractivity contribution in [1.82, 2.24) is 15.1 Å². The van der Waals surface area contributed by atoms with Gasteiger partial charge in [0.1, 0.15) is 5.54 Å². The summed E-state index contributed by atoms with van der Waals surface area (Å²) in [7, 11) is 0. The Kier molecular flexibility index (Phi) is 5.13. The summed E-state index contributed by atoms with van der Waals surface area (Å²) >= 11 is 0. The summed E-state index contributed by atoms with van der Waals surface area (Å²) in [6, 6.07) is 10.7. The first-order chi connectivity index (χ1) is 11.9. The van der Waals surface area contributed by atoms with E-state index in [4.69, 9.17) is 5.41 Å². The lowest BCUT2D eigenvalue weighted by Gasteiger charge is -2.36. The number of hydrogen-bond acceptors (Lipinski definition) is 3. The lowest BCUT2D eigenvalue weighted by atomic mass is 9.90. The number of guanidine groups is 1. The molecule has 1 aromatic carbocycles. The topological polar surface area (TPSA) is 59.4 Å². The Morgan fingerprint density at radius 3 is 2.48 bits per heavy atom. The summed E-state index contributed by atoms with van der Waals surface area (Å²) in [5, 5.41) is 11.4. The van der Waals surface area contributed by atoms with Crippen LogP contribution in [0.1, 0.15) is 45.6 Å². The number of amides is 1. The molecule has 0 aliphatic carbocycles. The Morgan fingerprint density at radius 2 is 1.88 bits per heavy atom. The molecule has 0 radical (unpaired) electrons. The van der Waals surface area contributed by atoms with E-state index in [0.29, 0.717) is 5.92 Å². The van der Waals surface area contributed by atoms with Gasteiger partial charge in [0.2, 0.25) is 0 Å². The molecule has 2 aliphatic rings. The van der Waals surface area contributed by atoms with Crippen LogP contribution in [0.5, 0.6) is 0 Å². The minimum Gasteiger partial charge on any atom is -0.342 e. The molecule has 1 atom stereocenters. The maximum atomic E-state index is 13.0. The monoisotopic (exact) mass is 342 g/mol. The number of nitrogens with one attached hydrogen (secondary N) is 2. The van der Waals surface area contributed by atoms with Crippen LogP contribution in [0.2, 0.25) is 0 Å². The number of piperidine rings is 1. The second kappa shape index (κ2) is 7.16. The van der Waals surface area contributed by atoms with Gasteiger partial charge in [0.25, 0.3) is 5.91 Å². The molecule has 0 bridgehead atoms. The molecule has 2 N–H and O–H groups in total. The number of rotatable bonds is 5. The fourth-order valence-corrected chi connectivity index (χ4v) is 4.22. The van der Waals surface area contributed by atoms with E-state index in [9.17, 15) is 4.79 Å². The van der Waals surface area contributed by atoms with Crippen LogP contribution in [-0.4, -0.2) is 46.3 Å². The average molecular weight is 342 g/mol. The van der Waals surface area contributed by atoms with Crippen LogP contribution in [0.4, 0.5) is 0 Å². The first-order valence-corrected chi connectivity index (χ1v) is 9.36. The number of carbonyl (C=O) groups is 1. The van der Waals surface area contributed by atoms with Crippen molar-refractivity contribution in [3.63, 3.8) is 0 Å². The zero-order valence-corrected chi connectivity index (χ0v) is 15.6. The standard InChI is InChI=1S/C20H30N4O/c1-15(2)13-20(3)18(25)24(19(21)22-20)17-9-11-23(12-10-17)14-16-7-5-4-6-8-16/h4-8,15,17H,9-14H2,1-3H3,(H2,21,22). The molecule has 5 heteroatoms. The van der Waals surface area contributed by atoms with Crippen LogP contribution in [0.25, 0.3) is 0 Å². The van der Waals surface area contributed by atoms with Crippen LogP contribution < -0.4 is 5.32 Å². The Balaban J connectivity index is 1.59. The molecule has 0 spiro atoms. The molecule has 0 aromatic heterocycles. The SMILES string of the molecule is CC(C)CC1(C)NC(=N)N(C2CCN(Cc3ccccc3)CC2)C1=O. The first-order valence-electron chi connectivity index (χ1n) is 9.36. The smallest absolute Gasteiger partial charge is 0.255 e. The van der Waals surface area contributed by atoms with E-state index in [1.54, 1.807) is 4.90 Å². The van der Waals surface area contributed by atoms with E-state index >= 15 is 0 Å². The number of likely N-dealkylation sites (tertiary alicyclic amines) is 1. The molecule has 1 amide bonds. The van der Waals surface area contributed by atoms with E-state index in [1.165, 1.54) is 5.56 Å². The van der Waals surface area contributed by atoms with Crippen LogP contribution in [0, 0.1) is 11.3 Å². The van der Waals surface area contributed by atoms with Gasteiger partial charge >= 0.3 is 0 Å². The summed E-state index contributed by atoms with van der Waals surface area (Å²) in [4.78, 5) is 17.1. The van der Waals surface area contributed by atoms with Crippen molar-refractivity contribution in [3.8, 4) is 0 Å². The van der Waals surface area contributed by atoms with Crippen molar-refractivity contribution >= 4 is 11.9 Å². The van der Waals surface area contributed by atoms with Gasteiger partial charge in [0.15, 0.2) is 5.96 Å². The average Bonchev–Trinajstić information content (AvgIpc) is 2.78. The van der Waals surface area contributed by atoms with Gasteiger partial charge in [0.05, 0.1) is 0 Å². The molecule has 2 fully saturated rings. The fraction of sp³-hybridized carbons (Fsp3) is 0.600. The third-order valence-electron chi connectivity index (χ3n) is 5.31. The summed E-state index contributed by atoms with van der Waals surface area (Å²) in [6.45, 7) is 9.08. The van der Waals surface area contributed by atoms with Crippen molar-refractivity contribution in [2.45, 2.75) is 58.2 Å². The molecule has 2 saturated heterocycles. The molecule has 1 aromatic rings. The minimum atomic E-state index is -0.619. The van der Waals surface area contributed by atoms with Crippen LogP contribution >= 0.6 is 0 Å². The normalized spacial score (nSPS) is 25.7. The van der Waals surface area contributed by atoms with E-state index in [0.717, 1.165) is 38.9 Å². The highest BCUT2D eigenvalue weighted by molar-refractivity contribution is 6.08. The molecule has 2 aliphatic heterocycles. The number of nitrogens with zero attached hydrogens (tertiary/aromatic N) is 2. The number of benzene rings is 1. The van der Waals surface area contributed by atoms with Gasteiger partial charge in [-0.1, -0.05) is 44.2 Å². The fourth-order valence-electron chi connectivity index (χ4n) is 4.22. The van der Waals surface area contributed by atoms with Gasteiger partial charge < -0.3 is 5.32 Å². The number of carbonyl (C=O) groups excluding carboxylic acids is 1. The molecule has 3 rings (SSSR count). The second-order valence-corrected chi connectivity index (χ2v) is 8.07. The van der Waals surface area contributed by atoms with Crippen LogP contribution in [0.3, 0.4) is 0 Å². The Morgan fingerprint density at radius 1 is 1.24 bits per heavy atom. The van der Waals surface area contributed by atoms with Gasteiger partial charge in [-0.05, 0) is 37.7 Å². The Labute approximate surface area is 150 Å². The zero-order chi connectivity index (χ0) is 18.0. The van der Waals surface area contributed by atoms with Crippen molar-refractivity contribution in [1.29, 1.82) is 5.41 Å². The zero-order valence-electron chi connectivity index (χ0n) is 15.6.